The van der Waals surface area contributed by atoms with Gasteiger partial charge in [0.05, 0.1) is 0 Å². The van der Waals surface area contributed by atoms with Crippen molar-refractivity contribution >= 4 is 20.5 Å². The summed E-state index contributed by atoms with van der Waals surface area (Å²) >= 11 is 2.69. The van der Waals surface area contributed by atoms with Crippen LogP contribution in [0.3, 0.4) is 0 Å². The molecule has 204 valence electrons. The quantitative estimate of drug-likeness (QED) is 0.176. The molecule has 3 nitrogen and oxygen atoms in total. The summed E-state index contributed by atoms with van der Waals surface area (Å²) in [4.78, 5) is 15.2. The summed E-state index contributed by atoms with van der Waals surface area (Å²) < 4.78 is 1.11. The number of aromatic nitrogens is 3. The zero-order chi connectivity index (χ0) is 29.0. The van der Waals surface area contributed by atoms with Crippen LogP contribution < -0.4 is 4.46 Å². The second-order valence-corrected chi connectivity index (χ2v) is 11.3. The Bertz CT molecular complexity index is 2010. The van der Waals surface area contributed by atoms with Gasteiger partial charge in [-0.15, -0.1) is 0 Å². The molecule has 0 unspecified atom stereocenters. The Morgan fingerprint density at radius 2 is 0.767 bits per heavy atom. The van der Waals surface area contributed by atoms with Gasteiger partial charge in [0.25, 0.3) is 0 Å². The Morgan fingerprint density at radius 3 is 1.42 bits per heavy atom. The molecular weight excluding hydrogens is 589 g/mol. The average Bonchev–Trinajstić information content (AvgIpc) is 3.09. The molecule has 7 aromatic rings. The molecule has 0 aliphatic carbocycles. The monoisotopic (exact) mass is 617 g/mol. The molecule has 0 amide bonds. The van der Waals surface area contributed by atoms with Gasteiger partial charge in [-0.2, -0.15) is 0 Å². The normalized spacial score (nSPS) is 10.9. The van der Waals surface area contributed by atoms with Crippen molar-refractivity contribution in [3.8, 4) is 67.5 Å². The van der Waals surface area contributed by atoms with Gasteiger partial charge >= 0.3 is 236 Å². The molecule has 0 spiro atoms. The van der Waals surface area contributed by atoms with E-state index in [1.54, 1.807) is 0 Å². The topological polar surface area (TPSA) is 38.7 Å². The zero-order valence-corrected chi connectivity index (χ0v) is 25.2. The van der Waals surface area contributed by atoms with E-state index in [-0.39, 0.29) is 0 Å². The van der Waals surface area contributed by atoms with Gasteiger partial charge in [-0.25, -0.2) is 0 Å². The molecule has 0 fully saturated rings. The summed E-state index contributed by atoms with van der Waals surface area (Å²) in [6.45, 7) is 0. The Balaban J connectivity index is 1.40. The van der Waals surface area contributed by atoms with Crippen molar-refractivity contribution in [2.75, 3.05) is 0 Å². The van der Waals surface area contributed by atoms with Gasteiger partial charge in [0.15, 0.2) is 0 Å². The van der Waals surface area contributed by atoms with Crippen LogP contribution in [0.2, 0.25) is 0 Å². The van der Waals surface area contributed by atoms with Crippen molar-refractivity contribution < 1.29 is 0 Å². The molecule has 0 N–H and O–H groups in total. The first-order chi connectivity index (χ1) is 21.2. The summed E-state index contributed by atoms with van der Waals surface area (Å²) in [6, 6.07) is 54.3. The summed E-state index contributed by atoms with van der Waals surface area (Å²) in [5.41, 5.74) is 9.66. The molecule has 4 heteroatoms. The Morgan fingerprint density at radius 1 is 0.326 bits per heavy atom. The van der Waals surface area contributed by atoms with Gasteiger partial charge in [0.2, 0.25) is 0 Å². The van der Waals surface area contributed by atoms with E-state index < -0.39 is 0 Å². The van der Waals surface area contributed by atoms with E-state index in [4.69, 9.17) is 15.0 Å². The van der Waals surface area contributed by atoms with Crippen LogP contribution in [0.5, 0.6) is 0 Å². The Hall–Kier alpha value is -5.15. The summed E-state index contributed by atoms with van der Waals surface area (Å²) in [6.07, 6.45) is 0. The zero-order valence-electron chi connectivity index (χ0n) is 23.3. The van der Waals surface area contributed by atoms with Gasteiger partial charge in [0, 0.05) is 0 Å². The number of hydrogen-bond donors (Lipinski definition) is 0. The molecule has 0 saturated heterocycles. The van der Waals surface area contributed by atoms with Crippen LogP contribution in [0.25, 0.3) is 67.5 Å². The van der Waals surface area contributed by atoms with E-state index >= 15 is 0 Å². The first-order valence-electron chi connectivity index (χ1n) is 14.2. The molecule has 0 saturated carbocycles. The van der Waals surface area contributed by atoms with Crippen molar-refractivity contribution in [3.05, 3.63) is 158 Å². The third-order valence-electron chi connectivity index (χ3n) is 7.46. The van der Waals surface area contributed by atoms with E-state index in [1.165, 1.54) is 5.56 Å². The van der Waals surface area contributed by atoms with Crippen molar-refractivity contribution in [2.24, 2.45) is 0 Å². The molecule has 6 aromatic carbocycles. The van der Waals surface area contributed by atoms with E-state index in [0.717, 1.165) is 49.0 Å². The maximum absolute atomic E-state index is 5.10. The Kier molecular flexibility index (Phi) is 7.45. The SMILES string of the molecule is [SeH]c1cccc(-c2nc(-c3ccc(-c4ccccc4)cc3)nc(-c3cccc(-c4ccccc4)c3)n2)c1-c1ccccc1. The van der Waals surface area contributed by atoms with Gasteiger partial charge in [-0.3, -0.25) is 0 Å². The van der Waals surface area contributed by atoms with Gasteiger partial charge in [-0.05, 0) is 0 Å². The molecule has 0 atom stereocenters. The van der Waals surface area contributed by atoms with Crippen LogP contribution in [0.1, 0.15) is 0 Å². The Labute approximate surface area is 259 Å². The van der Waals surface area contributed by atoms with E-state index in [2.05, 4.69) is 156 Å². The van der Waals surface area contributed by atoms with Gasteiger partial charge < -0.3 is 0 Å². The van der Waals surface area contributed by atoms with E-state index in [0.29, 0.717) is 17.5 Å². The van der Waals surface area contributed by atoms with Crippen molar-refractivity contribution in [3.63, 3.8) is 0 Å². The molecule has 1 heterocycles. The second-order valence-electron chi connectivity index (χ2n) is 10.3. The minimum absolute atomic E-state index is 0.639. The van der Waals surface area contributed by atoms with Crippen molar-refractivity contribution in [2.45, 2.75) is 0 Å². The predicted octanol–water partition coefficient (Wildman–Crippen LogP) is 8.40. The van der Waals surface area contributed by atoms with Crippen molar-refractivity contribution in [1.82, 2.24) is 15.0 Å². The van der Waals surface area contributed by atoms with Gasteiger partial charge in [-0.1, -0.05) is 24.3 Å². The summed E-state index contributed by atoms with van der Waals surface area (Å²) in [7, 11) is 0. The van der Waals surface area contributed by atoms with E-state index in [9.17, 15) is 0 Å². The third kappa shape index (κ3) is 5.67. The standard InChI is InChI=1S/C39H27N3Se/c43-35-21-11-20-34(36(35)30-16-8-3-9-17-30)39-41-37(31-24-22-29(23-25-31)27-12-4-1-5-13-27)40-38(42-39)33-19-10-18-32(26-33)28-14-6-2-7-15-28/h1-26,43H. The second kappa shape index (κ2) is 12.0. The number of benzene rings is 6. The molecule has 43 heavy (non-hydrogen) atoms. The van der Waals surface area contributed by atoms with Gasteiger partial charge in [0.1, 0.15) is 0 Å². The maximum atomic E-state index is 5.10. The molecule has 0 aliphatic heterocycles. The van der Waals surface area contributed by atoms with Crippen LogP contribution >= 0.6 is 0 Å². The van der Waals surface area contributed by atoms with Crippen LogP contribution in [-0.2, 0) is 0 Å². The fourth-order valence-corrected chi connectivity index (χ4v) is 6.00. The molecular formula is C39H27N3Se. The fourth-order valence-electron chi connectivity index (χ4n) is 5.30. The molecule has 0 aliphatic rings. The molecule has 7 rings (SSSR count). The predicted molar refractivity (Wildman–Crippen MR) is 179 cm³/mol. The van der Waals surface area contributed by atoms with Crippen molar-refractivity contribution in [1.29, 1.82) is 0 Å². The third-order valence-corrected chi connectivity index (χ3v) is 8.24. The number of hydrogen-bond acceptors (Lipinski definition) is 3. The number of rotatable bonds is 6. The average molecular weight is 617 g/mol. The van der Waals surface area contributed by atoms with Crippen LogP contribution in [-0.4, -0.2) is 31.0 Å². The summed E-state index contributed by atoms with van der Waals surface area (Å²) in [5, 5.41) is 0. The first kappa shape index (κ1) is 26.7. The molecule has 1 aromatic heterocycles. The summed E-state index contributed by atoms with van der Waals surface area (Å²) in [5.74, 6) is 1.92. The molecule has 0 bridgehead atoms. The minimum atomic E-state index is 0.639. The molecule has 0 radical (unpaired) electrons. The number of nitrogens with zero attached hydrogens (tertiary/aromatic N) is 3. The first-order valence-corrected chi connectivity index (χ1v) is 15.1. The van der Waals surface area contributed by atoms with Crippen LogP contribution in [0.15, 0.2) is 158 Å². The van der Waals surface area contributed by atoms with Crippen LogP contribution in [0, 0.1) is 0 Å². The van der Waals surface area contributed by atoms with Crippen LogP contribution in [0.4, 0.5) is 0 Å². The van der Waals surface area contributed by atoms with E-state index in [1.807, 2.05) is 18.2 Å². The fraction of sp³-hybridized carbons (Fsp3) is 0.